The molecule has 7 nitrogen and oxygen atoms in total. The fourth-order valence-corrected chi connectivity index (χ4v) is 5.75. The van der Waals surface area contributed by atoms with Crippen molar-refractivity contribution in [3.63, 3.8) is 0 Å². The quantitative estimate of drug-likeness (QED) is 0.243. The number of rotatable bonds is 9. The Morgan fingerprint density at radius 3 is 2.31 bits per heavy atom. The van der Waals surface area contributed by atoms with Crippen molar-refractivity contribution >= 4 is 11.5 Å². The molecule has 2 aliphatic rings. The van der Waals surface area contributed by atoms with Gasteiger partial charge in [-0.05, 0) is 49.8 Å². The van der Waals surface area contributed by atoms with Gasteiger partial charge in [0.2, 0.25) is 11.8 Å². The van der Waals surface area contributed by atoms with Crippen LogP contribution in [0.3, 0.4) is 0 Å². The lowest BCUT2D eigenvalue weighted by Gasteiger charge is -2.37. The third-order valence-corrected chi connectivity index (χ3v) is 7.99. The summed E-state index contributed by atoms with van der Waals surface area (Å²) in [7, 11) is 0. The SMILES string of the molecule is CCOC(=O)C1(C2(c3onc(C)c3Cc3nnc(Cc4ccccc4)o3)C=CC(c3ccccc3)=CC2)CC1. The van der Waals surface area contributed by atoms with Crippen LogP contribution in [0.15, 0.2) is 87.8 Å². The first-order chi connectivity index (χ1) is 19.0. The van der Waals surface area contributed by atoms with Crippen LogP contribution in [0, 0.1) is 12.3 Å². The fourth-order valence-electron chi connectivity index (χ4n) is 5.75. The van der Waals surface area contributed by atoms with E-state index < -0.39 is 10.8 Å². The maximum absolute atomic E-state index is 13.4. The smallest absolute Gasteiger partial charge is 0.313 e. The van der Waals surface area contributed by atoms with E-state index in [4.69, 9.17) is 13.7 Å². The van der Waals surface area contributed by atoms with Gasteiger partial charge in [-0.3, -0.25) is 4.79 Å². The fraction of sp³-hybridized carbons (Fsp3) is 0.312. The highest BCUT2D eigenvalue weighted by Crippen LogP contribution is 2.64. The predicted octanol–water partition coefficient (Wildman–Crippen LogP) is 6.17. The summed E-state index contributed by atoms with van der Waals surface area (Å²) in [6, 6.07) is 20.3. The lowest BCUT2D eigenvalue weighted by atomic mass is 9.64. The van der Waals surface area contributed by atoms with E-state index in [1.54, 1.807) is 0 Å². The number of aryl methyl sites for hydroxylation is 1. The highest BCUT2D eigenvalue weighted by atomic mass is 16.5. The number of allylic oxidation sites excluding steroid dienone is 4. The molecule has 1 saturated carbocycles. The molecule has 2 aromatic heterocycles. The molecule has 2 heterocycles. The number of ether oxygens (including phenoxy) is 1. The van der Waals surface area contributed by atoms with Crippen molar-refractivity contribution in [3.8, 4) is 0 Å². The molecule has 0 aliphatic heterocycles. The first kappa shape index (κ1) is 25.0. The van der Waals surface area contributed by atoms with Gasteiger partial charge in [-0.2, -0.15) is 0 Å². The average Bonchev–Trinajstić information content (AvgIpc) is 3.56. The van der Waals surface area contributed by atoms with Crippen LogP contribution in [0.1, 0.15) is 66.1 Å². The molecule has 6 rings (SSSR count). The van der Waals surface area contributed by atoms with Crippen LogP contribution >= 0.6 is 0 Å². The zero-order valence-electron chi connectivity index (χ0n) is 22.2. The minimum atomic E-state index is -0.721. The van der Waals surface area contributed by atoms with Gasteiger partial charge in [0, 0.05) is 5.56 Å². The maximum Gasteiger partial charge on any atom is 0.313 e. The molecule has 0 N–H and O–H groups in total. The summed E-state index contributed by atoms with van der Waals surface area (Å²) in [4.78, 5) is 13.4. The van der Waals surface area contributed by atoms with Gasteiger partial charge in [0.15, 0.2) is 5.76 Å². The Hall–Kier alpha value is -4.26. The number of benzene rings is 2. The molecule has 4 aromatic rings. The summed E-state index contributed by atoms with van der Waals surface area (Å²) in [5.41, 5.74) is 3.56. The number of carbonyl (C=O) groups excluding carboxylic acids is 1. The largest absolute Gasteiger partial charge is 0.466 e. The van der Waals surface area contributed by atoms with Crippen molar-refractivity contribution in [1.29, 1.82) is 0 Å². The number of aromatic nitrogens is 3. The summed E-state index contributed by atoms with van der Waals surface area (Å²) < 4.78 is 17.7. The van der Waals surface area contributed by atoms with E-state index in [-0.39, 0.29) is 5.97 Å². The summed E-state index contributed by atoms with van der Waals surface area (Å²) in [6.07, 6.45) is 9.42. The minimum Gasteiger partial charge on any atom is -0.466 e. The van der Waals surface area contributed by atoms with Crippen molar-refractivity contribution < 1.29 is 18.5 Å². The number of hydrogen-bond acceptors (Lipinski definition) is 7. The molecule has 7 heteroatoms. The van der Waals surface area contributed by atoms with Crippen LogP contribution in [-0.4, -0.2) is 27.9 Å². The first-order valence-electron chi connectivity index (χ1n) is 13.5. The van der Waals surface area contributed by atoms with Crippen LogP contribution in [0.2, 0.25) is 0 Å². The van der Waals surface area contributed by atoms with Crippen LogP contribution in [0.25, 0.3) is 5.57 Å². The Labute approximate surface area is 227 Å². The van der Waals surface area contributed by atoms with Gasteiger partial charge in [0.05, 0.1) is 36.0 Å². The van der Waals surface area contributed by atoms with Gasteiger partial charge in [-0.15, -0.1) is 10.2 Å². The Morgan fingerprint density at radius 2 is 1.67 bits per heavy atom. The molecule has 0 spiro atoms. The second kappa shape index (κ2) is 10.1. The molecule has 1 fully saturated rings. The lowest BCUT2D eigenvalue weighted by molar-refractivity contribution is -0.152. The highest BCUT2D eigenvalue weighted by molar-refractivity contribution is 5.85. The second-order valence-corrected chi connectivity index (χ2v) is 10.3. The standard InChI is InChI=1S/C32H31N3O4/c1-3-37-30(36)32(18-19-32)31(16-14-25(15-17-31)24-12-8-5-9-13-24)29-26(22(2)35-39-29)21-28-34-33-27(38-28)20-23-10-6-4-7-11-23/h4-16H,3,17-21H2,1-2H3. The van der Waals surface area contributed by atoms with Gasteiger partial charge >= 0.3 is 5.97 Å². The van der Waals surface area contributed by atoms with E-state index in [1.165, 1.54) is 0 Å². The van der Waals surface area contributed by atoms with Gasteiger partial charge < -0.3 is 13.7 Å². The van der Waals surface area contributed by atoms with Crippen molar-refractivity contribution in [3.05, 3.63) is 119 Å². The number of esters is 1. The van der Waals surface area contributed by atoms with E-state index in [0.29, 0.717) is 43.4 Å². The molecule has 198 valence electrons. The summed E-state index contributed by atoms with van der Waals surface area (Å²) in [5, 5.41) is 13.0. The predicted molar refractivity (Wildman–Crippen MR) is 146 cm³/mol. The third-order valence-electron chi connectivity index (χ3n) is 7.99. The van der Waals surface area contributed by atoms with Gasteiger partial charge in [0.1, 0.15) is 0 Å². The molecule has 0 bridgehead atoms. The molecule has 0 amide bonds. The Kier molecular flexibility index (Phi) is 6.51. The maximum atomic E-state index is 13.4. The summed E-state index contributed by atoms with van der Waals surface area (Å²) in [5.74, 6) is 1.53. The lowest BCUT2D eigenvalue weighted by Crippen LogP contribution is -2.42. The molecule has 2 aliphatic carbocycles. The third kappa shape index (κ3) is 4.52. The van der Waals surface area contributed by atoms with E-state index in [0.717, 1.165) is 40.8 Å². The Morgan fingerprint density at radius 1 is 0.974 bits per heavy atom. The molecular formula is C32H31N3O4. The topological polar surface area (TPSA) is 91.2 Å². The summed E-state index contributed by atoms with van der Waals surface area (Å²) in [6.45, 7) is 4.09. The van der Waals surface area contributed by atoms with Crippen molar-refractivity contribution in [2.75, 3.05) is 6.61 Å². The van der Waals surface area contributed by atoms with E-state index in [2.05, 4.69) is 45.7 Å². The second-order valence-electron chi connectivity index (χ2n) is 10.3. The molecular weight excluding hydrogens is 490 g/mol. The molecule has 39 heavy (non-hydrogen) atoms. The van der Waals surface area contributed by atoms with E-state index in [9.17, 15) is 4.79 Å². The molecule has 1 unspecified atom stereocenters. The van der Waals surface area contributed by atoms with Crippen LogP contribution in [0.4, 0.5) is 0 Å². The Bertz CT molecular complexity index is 1530. The monoisotopic (exact) mass is 521 g/mol. The molecule has 2 aromatic carbocycles. The Balaban J connectivity index is 1.35. The van der Waals surface area contributed by atoms with E-state index >= 15 is 0 Å². The van der Waals surface area contributed by atoms with Crippen molar-refractivity contribution in [1.82, 2.24) is 15.4 Å². The number of nitrogens with zero attached hydrogens (tertiary/aromatic N) is 3. The van der Waals surface area contributed by atoms with Crippen molar-refractivity contribution in [2.24, 2.45) is 5.41 Å². The van der Waals surface area contributed by atoms with E-state index in [1.807, 2.05) is 62.4 Å². The van der Waals surface area contributed by atoms with Gasteiger partial charge in [0.25, 0.3) is 0 Å². The van der Waals surface area contributed by atoms with Gasteiger partial charge in [-0.25, -0.2) is 0 Å². The first-order valence-corrected chi connectivity index (χ1v) is 13.5. The zero-order chi connectivity index (χ0) is 26.9. The number of carbonyl (C=O) groups is 1. The van der Waals surface area contributed by atoms with Crippen LogP contribution in [-0.2, 0) is 27.8 Å². The van der Waals surface area contributed by atoms with Crippen molar-refractivity contribution in [2.45, 2.75) is 51.4 Å². The highest BCUT2D eigenvalue weighted by Gasteiger charge is 2.67. The number of hydrogen-bond donors (Lipinski definition) is 0. The summed E-state index contributed by atoms with van der Waals surface area (Å²) >= 11 is 0. The molecule has 1 atom stereocenters. The minimum absolute atomic E-state index is 0.186. The molecule has 0 saturated heterocycles. The normalized spacial score (nSPS) is 19.5. The van der Waals surface area contributed by atoms with Gasteiger partial charge in [-0.1, -0.05) is 84.0 Å². The van der Waals surface area contributed by atoms with Crippen LogP contribution < -0.4 is 0 Å². The average molecular weight is 522 g/mol. The van der Waals surface area contributed by atoms with Crippen LogP contribution in [0.5, 0.6) is 0 Å². The zero-order valence-corrected chi connectivity index (χ0v) is 22.2. The molecule has 0 radical (unpaired) electrons.